The van der Waals surface area contributed by atoms with Crippen LogP contribution in [0.4, 0.5) is 5.82 Å². The first-order valence-electron chi connectivity index (χ1n) is 7.48. The third-order valence-corrected chi connectivity index (χ3v) is 4.08. The Bertz CT molecular complexity index is 560. The maximum absolute atomic E-state index is 9.84. The zero-order valence-electron chi connectivity index (χ0n) is 11.9. The highest BCUT2D eigenvalue weighted by Crippen LogP contribution is 2.30. The molecule has 108 valence electrons. The van der Waals surface area contributed by atoms with Gasteiger partial charge in [-0.3, -0.25) is 0 Å². The molecule has 2 aromatic heterocycles. The first kappa shape index (κ1) is 13.4. The van der Waals surface area contributed by atoms with Gasteiger partial charge in [-0.05, 0) is 25.8 Å². The summed E-state index contributed by atoms with van der Waals surface area (Å²) in [6.07, 6.45) is 9.36. The Labute approximate surface area is 119 Å². The quantitative estimate of drug-likeness (QED) is 0.899. The van der Waals surface area contributed by atoms with E-state index in [1.54, 1.807) is 6.33 Å². The molecule has 20 heavy (non-hydrogen) atoms. The SMILES string of the molecule is C[C@@H](O)CN(c1ncnc2[nH]ccc12)C1CCCCC1. The number of anilines is 1. The Balaban J connectivity index is 1.97. The summed E-state index contributed by atoms with van der Waals surface area (Å²) >= 11 is 0. The normalized spacial score (nSPS) is 18.3. The number of aliphatic hydroxyl groups excluding tert-OH is 1. The Morgan fingerprint density at radius 1 is 1.35 bits per heavy atom. The minimum Gasteiger partial charge on any atom is -0.392 e. The van der Waals surface area contributed by atoms with Gasteiger partial charge in [0.15, 0.2) is 0 Å². The van der Waals surface area contributed by atoms with Gasteiger partial charge >= 0.3 is 0 Å². The molecule has 1 aliphatic carbocycles. The number of nitrogens with one attached hydrogen (secondary N) is 1. The number of H-pyrrole nitrogens is 1. The van der Waals surface area contributed by atoms with Crippen LogP contribution in [0.5, 0.6) is 0 Å². The lowest BCUT2D eigenvalue weighted by molar-refractivity contribution is 0.193. The minimum atomic E-state index is -0.360. The maximum Gasteiger partial charge on any atom is 0.142 e. The van der Waals surface area contributed by atoms with Crippen LogP contribution in [0.3, 0.4) is 0 Å². The topological polar surface area (TPSA) is 65.0 Å². The Hall–Kier alpha value is -1.62. The molecule has 1 fully saturated rings. The number of hydrogen-bond donors (Lipinski definition) is 2. The Kier molecular flexibility index (Phi) is 3.87. The van der Waals surface area contributed by atoms with E-state index in [1.165, 1.54) is 32.1 Å². The van der Waals surface area contributed by atoms with Crippen LogP contribution in [0.2, 0.25) is 0 Å². The van der Waals surface area contributed by atoms with Gasteiger partial charge in [-0.2, -0.15) is 0 Å². The molecule has 1 atom stereocenters. The first-order valence-corrected chi connectivity index (χ1v) is 7.48. The average Bonchev–Trinajstić information content (AvgIpc) is 2.94. The summed E-state index contributed by atoms with van der Waals surface area (Å²) in [4.78, 5) is 14.2. The predicted octanol–water partition coefficient (Wildman–Crippen LogP) is 2.48. The van der Waals surface area contributed by atoms with Crippen LogP contribution in [0.25, 0.3) is 11.0 Å². The van der Waals surface area contributed by atoms with Crippen LogP contribution < -0.4 is 4.90 Å². The minimum absolute atomic E-state index is 0.360. The Morgan fingerprint density at radius 2 is 2.15 bits per heavy atom. The zero-order chi connectivity index (χ0) is 13.9. The number of aromatic amines is 1. The molecule has 0 unspecified atom stereocenters. The van der Waals surface area contributed by atoms with Gasteiger partial charge in [-0.25, -0.2) is 9.97 Å². The summed E-state index contributed by atoms with van der Waals surface area (Å²) < 4.78 is 0. The second-order valence-corrected chi connectivity index (χ2v) is 5.73. The number of fused-ring (bicyclic) bond motifs is 1. The molecule has 5 nitrogen and oxygen atoms in total. The average molecular weight is 274 g/mol. The lowest BCUT2D eigenvalue weighted by Crippen LogP contribution is -2.41. The number of aliphatic hydroxyl groups is 1. The fraction of sp³-hybridized carbons (Fsp3) is 0.600. The van der Waals surface area contributed by atoms with Crippen molar-refractivity contribution in [3.63, 3.8) is 0 Å². The van der Waals surface area contributed by atoms with E-state index in [2.05, 4.69) is 19.9 Å². The molecule has 3 rings (SSSR count). The van der Waals surface area contributed by atoms with E-state index < -0.39 is 0 Å². The summed E-state index contributed by atoms with van der Waals surface area (Å²) in [6, 6.07) is 2.49. The van der Waals surface area contributed by atoms with Crippen molar-refractivity contribution in [3.8, 4) is 0 Å². The third kappa shape index (κ3) is 2.63. The summed E-state index contributed by atoms with van der Waals surface area (Å²) in [5, 5.41) is 10.9. The van der Waals surface area contributed by atoms with Crippen LogP contribution in [0.15, 0.2) is 18.6 Å². The first-order chi connectivity index (χ1) is 9.75. The molecule has 2 heterocycles. The van der Waals surface area contributed by atoms with E-state index in [4.69, 9.17) is 0 Å². The standard InChI is InChI=1S/C15H22N4O/c1-11(20)9-19(12-5-3-2-4-6-12)15-13-7-8-16-14(13)17-10-18-15/h7-8,10-12,20H,2-6,9H2,1H3,(H,16,17,18)/t11-/m1/s1. The van der Waals surface area contributed by atoms with Crippen molar-refractivity contribution in [2.24, 2.45) is 0 Å². The van der Waals surface area contributed by atoms with Crippen molar-refractivity contribution in [1.82, 2.24) is 15.0 Å². The smallest absolute Gasteiger partial charge is 0.142 e. The zero-order valence-corrected chi connectivity index (χ0v) is 11.9. The van der Waals surface area contributed by atoms with E-state index in [1.807, 2.05) is 19.2 Å². The van der Waals surface area contributed by atoms with Crippen molar-refractivity contribution >= 4 is 16.9 Å². The van der Waals surface area contributed by atoms with Crippen LogP contribution in [0, 0.1) is 0 Å². The number of rotatable bonds is 4. The molecule has 0 amide bonds. The largest absolute Gasteiger partial charge is 0.392 e. The summed E-state index contributed by atoms with van der Waals surface area (Å²) in [7, 11) is 0. The highest BCUT2D eigenvalue weighted by molar-refractivity contribution is 5.87. The molecule has 2 aromatic rings. The monoisotopic (exact) mass is 274 g/mol. The van der Waals surface area contributed by atoms with Crippen molar-refractivity contribution in [2.75, 3.05) is 11.4 Å². The van der Waals surface area contributed by atoms with Gasteiger partial charge in [-0.1, -0.05) is 19.3 Å². The molecule has 5 heteroatoms. The number of nitrogens with zero attached hydrogens (tertiary/aromatic N) is 3. The molecule has 0 saturated heterocycles. The fourth-order valence-corrected chi connectivity index (χ4v) is 3.17. The van der Waals surface area contributed by atoms with Gasteiger partial charge in [-0.15, -0.1) is 0 Å². The van der Waals surface area contributed by atoms with Crippen LogP contribution in [-0.4, -0.2) is 38.7 Å². The second-order valence-electron chi connectivity index (χ2n) is 5.73. The highest BCUT2D eigenvalue weighted by Gasteiger charge is 2.25. The number of aromatic nitrogens is 3. The fourth-order valence-electron chi connectivity index (χ4n) is 3.17. The lowest BCUT2D eigenvalue weighted by Gasteiger charge is -2.36. The van der Waals surface area contributed by atoms with Crippen molar-refractivity contribution in [1.29, 1.82) is 0 Å². The molecule has 0 bridgehead atoms. The van der Waals surface area contributed by atoms with Gasteiger partial charge in [0.05, 0.1) is 11.5 Å². The molecule has 2 N–H and O–H groups in total. The molecule has 0 spiro atoms. The van der Waals surface area contributed by atoms with Gasteiger partial charge in [0, 0.05) is 18.8 Å². The second kappa shape index (κ2) is 5.79. The summed E-state index contributed by atoms with van der Waals surface area (Å²) in [5.41, 5.74) is 0.862. The van der Waals surface area contributed by atoms with E-state index in [0.29, 0.717) is 12.6 Å². The van der Waals surface area contributed by atoms with E-state index in [-0.39, 0.29) is 6.10 Å². The number of hydrogen-bond acceptors (Lipinski definition) is 4. The van der Waals surface area contributed by atoms with Crippen LogP contribution in [0.1, 0.15) is 39.0 Å². The van der Waals surface area contributed by atoms with Gasteiger partial charge in [0.1, 0.15) is 17.8 Å². The predicted molar refractivity (Wildman–Crippen MR) is 79.8 cm³/mol. The van der Waals surface area contributed by atoms with E-state index in [9.17, 15) is 5.11 Å². The van der Waals surface area contributed by atoms with Crippen LogP contribution in [-0.2, 0) is 0 Å². The molecule has 0 radical (unpaired) electrons. The molecule has 1 saturated carbocycles. The van der Waals surface area contributed by atoms with Gasteiger partial charge in [0.2, 0.25) is 0 Å². The van der Waals surface area contributed by atoms with Crippen LogP contribution >= 0.6 is 0 Å². The van der Waals surface area contributed by atoms with E-state index >= 15 is 0 Å². The molecule has 1 aliphatic rings. The van der Waals surface area contributed by atoms with Gasteiger partial charge in [0.25, 0.3) is 0 Å². The van der Waals surface area contributed by atoms with E-state index in [0.717, 1.165) is 16.9 Å². The molecular formula is C15H22N4O. The Morgan fingerprint density at radius 3 is 2.90 bits per heavy atom. The molecule has 0 aromatic carbocycles. The van der Waals surface area contributed by atoms with Crippen molar-refractivity contribution < 1.29 is 5.11 Å². The molecular weight excluding hydrogens is 252 g/mol. The summed E-state index contributed by atoms with van der Waals surface area (Å²) in [6.45, 7) is 2.47. The lowest BCUT2D eigenvalue weighted by atomic mass is 9.94. The third-order valence-electron chi connectivity index (χ3n) is 4.08. The van der Waals surface area contributed by atoms with Crippen molar-refractivity contribution in [2.45, 2.75) is 51.2 Å². The summed E-state index contributed by atoms with van der Waals surface area (Å²) in [5.74, 6) is 0.948. The maximum atomic E-state index is 9.84. The molecule has 0 aliphatic heterocycles. The van der Waals surface area contributed by atoms with Gasteiger partial charge < -0.3 is 15.0 Å². The highest BCUT2D eigenvalue weighted by atomic mass is 16.3. The van der Waals surface area contributed by atoms with Crippen molar-refractivity contribution in [3.05, 3.63) is 18.6 Å².